The van der Waals surface area contributed by atoms with Crippen LogP contribution in [0.4, 0.5) is 0 Å². The minimum Gasteiger partial charge on any atom is -0.327 e. The van der Waals surface area contributed by atoms with Crippen LogP contribution < -0.4 is 5.73 Å². The number of hydrogen-bond acceptors (Lipinski definition) is 1. The largest absolute Gasteiger partial charge is 0.327 e. The molecular formula is C14H21Cl2N. The van der Waals surface area contributed by atoms with E-state index in [1.54, 1.807) is 0 Å². The summed E-state index contributed by atoms with van der Waals surface area (Å²) in [5.74, 6) is 0. The van der Waals surface area contributed by atoms with E-state index >= 15 is 0 Å². The quantitative estimate of drug-likeness (QED) is 0.846. The number of rotatable bonds is 4. The van der Waals surface area contributed by atoms with Crippen molar-refractivity contribution in [2.45, 2.75) is 46.1 Å². The first-order valence-electron chi connectivity index (χ1n) is 6.00. The van der Waals surface area contributed by atoms with Crippen LogP contribution in [0.2, 0.25) is 10.0 Å². The highest BCUT2D eigenvalue weighted by atomic mass is 35.5. The van der Waals surface area contributed by atoms with Gasteiger partial charge in [0.05, 0.1) is 0 Å². The molecule has 1 rings (SSSR count). The lowest BCUT2D eigenvalue weighted by molar-refractivity contribution is 0.301. The molecule has 0 aliphatic rings. The van der Waals surface area contributed by atoms with Crippen LogP contribution in [0.5, 0.6) is 0 Å². The summed E-state index contributed by atoms with van der Waals surface area (Å²) in [6.45, 7) is 6.51. The summed E-state index contributed by atoms with van der Waals surface area (Å²) in [5, 5.41) is 1.53. The smallest absolute Gasteiger partial charge is 0.0439 e. The molecule has 1 unspecified atom stereocenters. The van der Waals surface area contributed by atoms with Crippen molar-refractivity contribution >= 4 is 23.2 Å². The molecule has 0 bridgehead atoms. The standard InChI is InChI=1S/C14H21Cl2N/c1-14(2,3)13(17)6-4-5-10-9-11(15)7-8-12(10)16/h7-9,13H,4-6,17H2,1-3H3. The van der Waals surface area contributed by atoms with Gasteiger partial charge in [-0.1, -0.05) is 44.0 Å². The lowest BCUT2D eigenvalue weighted by atomic mass is 9.84. The van der Waals surface area contributed by atoms with Crippen LogP contribution >= 0.6 is 23.2 Å². The molecule has 0 saturated carbocycles. The van der Waals surface area contributed by atoms with Gasteiger partial charge in [-0.25, -0.2) is 0 Å². The topological polar surface area (TPSA) is 26.0 Å². The third kappa shape index (κ3) is 4.87. The van der Waals surface area contributed by atoms with E-state index in [1.807, 2.05) is 18.2 Å². The Labute approximate surface area is 114 Å². The van der Waals surface area contributed by atoms with E-state index in [9.17, 15) is 0 Å². The van der Waals surface area contributed by atoms with E-state index in [4.69, 9.17) is 28.9 Å². The maximum atomic E-state index is 6.12. The first-order chi connectivity index (χ1) is 7.80. The van der Waals surface area contributed by atoms with Gasteiger partial charge in [-0.15, -0.1) is 0 Å². The van der Waals surface area contributed by atoms with Gasteiger partial charge in [0.15, 0.2) is 0 Å². The Bertz CT molecular complexity index is 369. The van der Waals surface area contributed by atoms with Crippen LogP contribution in [-0.4, -0.2) is 6.04 Å². The Kier molecular flexibility index (Phi) is 5.30. The van der Waals surface area contributed by atoms with Crippen molar-refractivity contribution in [3.63, 3.8) is 0 Å². The molecule has 0 spiro atoms. The van der Waals surface area contributed by atoms with Crippen molar-refractivity contribution in [2.24, 2.45) is 11.1 Å². The van der Waals surface area contributed by atoms with Crippen LogP contribution in [0.1, 0.15) is 39.2 Å². The summed E-state index contributed by atoms with van der Waals surface area (Å²) in [5.41, 5.74) is 7.40. The molecule has 1 atom stereocenters. The minimum absolute atomic E-state index is 0.165. The number of aryl methyl sites for hydroxylation is 1. The van der Waals surface area contributed by atoms with Gasteiger partial charge in [0.1, 0.15) is 0 Å². The molecule has 0 heterocycles. The van der Waals surface area contributed by atoms with Gasteiger partial charge in [0, 0.05) is 16.1 Å². The Hall–Kier alpha value is -0.240. The Morgan fingerprint density at radius 1 is 1.24 bits per heavy atom. The summed E-state index contributed by atoms with van der Waals surface area (Å²) in [6.07, 6.45) is 2.98. The zero-order chi connectivity index (χ0) is 13.1. The van der Waals surface area contributed by atoms with E-state index in [0.29, 0.717) is 0 Å². The second-order valence-electron chi connectivity index (χ2n) is 5.60. The second-order valence-corrected chi connectivity index (χ2v) is 6.44. The van der Waals surface area contributed by atoms with E-state index in [-0.39, 0.29) is 11.5 Å². The zero-order valence-corrected chi connectivity index (χ0v) is 12.3. The molecule has 1 aromatic carbocycles. The van der Waals surface area contributed by atoms with Crippen LogP contribution in [0.3, 0.4) is 0 Å². The highest BCUT2D eigenvalue weighted by Gasteiger charge is 2.19. The number of nitrogens with two attached hydrogens (primary N) is 1. The van der Waals surface area contributed by atoms with Crippen molar-refractivity contribution in [1.29, 1.82) is 0 Å². The lowest BCUT2D eigenvalue weighted by Gasteiger charge is -2.27. The molecule has 0 amide bonds. The third-order valence-electron chi connectivity index (χ3n) is 3.08. The molecular weight excluding hydrogens is 253 g/mol. The third-order valence-corrected chi connectivity index (χ3v) is 3.69. The molecule has 0 fully saturated rings. The molecule has 1 nitrogen and oxygen atoms in total. The summed E-state index contributed by atoms with van der Waals surface area (Å²) < 4.78 is 0. The van der Waals surface area contributed by atoms with E-state index in [0.717, 1.165) is 34.9 Å². The van der Waals surface area contributed by atoms with Crippen LogP contribution in [0.25, 0.3) is 0 Å². The summed E-state index contributed by atoms with van der Waals surface area (Å²) in [7, 11) is 0. The molecule has 0 radical (unpaired) electrons. The highest BCUT2D eigenvalue weighted by Crippen LogP contribution is 2.25. The monoisotopic (exact) mass is 273 g/mol. The van der Waals surface area contributed by atoms with Gasteiger partial charge in [-0.3, -0.25) is 0 Å². The molecule has 17 heavy (non-hydrogen) atoms. The number of benzene rings is 1. The molecule has 0 saturated heterocycles. The second kappa shape index (κ2) is 6.08. The fraction of sp³-hybridized carbons (Fsp3) is 0.571. The normalized spacial score (nSPS) is 13.8. The molecule has 96 valence electrons. The Balaban J connectivity index is 2.49. The molecule has 1 aromatic rings. The van der Waals surface area contributed by atoms with Crippen LogP contribution in [0, 0.1) is 5.41 Å². The van der Waals surface area contributed by atoms with Crippen molar-refractivity contribution < 1.29 is 0 Å². The van der Waals surface area contributed by atoms with Gasteiger partial charge in [-0.2, -0.15) is 0 Å². The van der Waals surface area contributed by atoms with E-state index < -0.39 is 0 Å². The van der Waals surface area contributed by atoms with Gasteiger partial charge in [0.25, 0.3) is 0 Å². The first-order valence-corrected chi connectivity index (χ1v) is 6.76. The van der Waals surface area contributed by atoms with Gasteiger partial charge < -0.3 is 5.73 Å². The van der Waals surface area contributed by atoms with Crippen LogP contribution in [0.15, 0.2) is 18.2 Å². The predicted octanol–water partition coefficient (Wildman–Crippen LogP) is 4.69. The average molecular weight is 274 g/mol. The Morgan fingerprint density at radius 3 is 2.47 bits per heavy atom. The highest BCUT2D eigenvalue weighted by molar-refractivity contribution is 6.33. The van der Waals surface area contributed by atoms with Crippen LogP contribution in [-0.2, 0) is 6.42 Å². The van der Waals surface area contributed by atoms with Crippen molar-refractivity contribution in [3.05, 3.63) is 33.8 Å². The number of hydrogen-bond donors (Lipinski definition) is 1. The lowest BCUT2D eigenvalue weighted by Crippen LogP contribution is -2.34. The zero-order valence-electron chi connectivity index (χ0n) is 10.8. The van der Waals surface area contributed by atoms with Gasteiger partial charge in [-0.05, 0) is 48.4 Å². The van der Waals surface area contributed by atoms with Crippen molar-refractivity contribution in [2.75, 3.05) is 0 Å². The number of halogens is 2. The van der Waals surface area contributed by atoms with Gasteiger partial charge >= 0.3 is 0 Å². The summed E-state index contributed by atoms with van der Waals surface area (Å²) in [4.78, 5) is 0. The van der Waals surface area contributed by atoms with E-state index in [2.05, 4.69) is 20.8 Å². The fourth-order valence-corrected chi connectivity index (χ4v) is 2.09. The van der Waals surface area contributed by atoms with E-state index in [1.165, 1.54) is 0 Å². The summed E-state index contributed by atoms with van der Waals surface area (Å²) in [6, 6.07) is 5.82. The fourth-order valence-electron chi connectivity index (χ4n) is 1.68. The maximum Gasteiger partial charge on any atom is 0.0439 e. The average Bonchev–Trinajstić information content (AvgIpc) is 2.21. The minimum atomic E-state index is 0.165. The molecule has 3 heteroatoms. The molecule has 0 aliphatic heterocycles. The summed E-state index contributed by atoms with van der Waals surface area (Å²) >= 11 is 12.1. The molecule has 0 aromatic heterocycles. The first kappa shape index (κ1) is 14.8. The SMILES string of the molecule is CC(C)(C)C(N)CCCc1cc(Cl)ccc1Cl. The van der Waals surface area contributed by atoms with Crippen molar-refractivity contribution in [1.82, 2.24) is 0 Å². The molecule has 0 aliphatic carbocycles. The predicted molar refractivity (Wildman–Crippen MR) is 76.8 cm³/mol. The van der Waals surface area contributed by atoms with Gasteiger partial charge in [0.2, 0.25) is 0 Å². The maximum absolute atomic E-state index is 6.12. The van der Waals surface area contributed by atoms with Crippen molar-refractivity contribution in [3.8, 4) is 0 Å². The Morgan fingerprint density at radius 2 is 1.88 bits per heavy atom. The molecule has 2 N–H and O–H groups in total.